The minimum atomic E-state index is -0.505. The molecule has 1 rings (SSSR count). The van der Waals surface area contributed by atoms with Gasteiger partial charge in [0.2, 0.25) is 5.91 Å². The van der Waals surface area contributed by atoms with Gasteiger partial charge in [0, 0.05) is 12.1 Å². The molecule has 0 fully saturated rings. The van der Waals surface area contributed by atoms with Crippen LogP contribution in [0.1, 0.15) is 31.7 Å². The first-order valence-electron chi connectivity index (χ1n) is 6.28. The van der Waals surface area contributed by atoms with Gasteiger partial charge in [0.25, 0.3) is 0 Å². The molecule has 0 spiro atoms. The minimum absolute atomic E-state index is 0.153. The molecule has 0 heterocycles. The first-order chi connectivity index (χ1) is 8.56. The Bertz CT molecular complexity index is 393. The number of carbonyl (C=O) groups is 1. The predicted molar refractivity (Wildman–Crippen MR) is 70.7 cm³/mol. The Kier molecular flexibility index (Phi) is 5.78. The molecule has 0 radical (unpaired) electrons. The lowest BCUT2D eigenvalue weighted by atomic mass is 9.94. The highest BCUT2D eigenvalue weighted by Gasteiger charge is 2.22. The topological polar surface area (TPSA) is 55.1 Å². The maximum atomic E-state index is 13.7. The van der Waals surface area contributed by atoms with E-state index < -0.39 is 5.92 Å². The van der Waals surface area contributed by atoms with Crippen molar-refractivity contribution in [1.29, 1.82) is 0 Å². The highest BCUT2D eigenvalue weighted by atomic mass is 19.1. The summed E-state index contributed by atoms with van der Waals surface area (Å²) in [6, 6.07) is 6.36. The minimum Gasteiger partial charge on any atom is -0.355 e. The number of carbonyl (C=O) groups excluding carboxylic acids is 1. The molecule has 1 aromatic rings. The molecule has 1 aromatic carbocycles. The Morgan fingerprint density at radius 2 is 2.06 bits per heavy atom. The van der Waals surface area contributed by atoms with Crippen molar-refractivity contribution in [2.24, 2.45) is 11.7 Å². The van der Waals surface area contributed by atoms with Gasteiger partial charge in [-0.05, 0) is 24.9 Å². The predicted octanol–water partition coefficient (Wildman–Crippen LogP) is 2.03. The summed E-state index contributed by atoms with van der Waals surface area (Å²) >= 11 is 0. The van der Waals surface area contributed by atoms with Crippen LogP contribution >= 0.6 is 0 Å². The first kappa shape index (κ1) is 14.6. The zero-order valence-corrected chi connectivity index (χ0v) is 10.9. The van der Waals surface area contributed by atoms with E-state index in [9.17, 15) is 9.18 Å². The van der Waals surface area contributed by atoms with Crippen LogP contribution in [0.25, 0.3) is 0 Å². The summed E-state index contributed by atoms with van der Waals surface area (Å²) in [6.45, 7) is 4.98. The van der Waals surface area contributed by atoms with Gasteiger partial charge < -0.3 is 11.1 Å². The molecule has 0 aliphatic heterocycles. The lowest BCUT2D eigenvalue weighted by Crippen LogP contribution is -2.33. The molecule has 1 atom stereocenters. The number of hydrogen-bond donors (Lipinski definition) is 2. The molecule has 3 N–H and O–H groups in total. The second-order valence-corrected chi connectivity index (χ2v) is 4.79. The van der Waals surface area contributed by atoms with Crippen LogP contribution in [0.5, 0.6) is 0 Å². The van der Waals surface area contributed by atoms with E-state index in [1.807, 2.05) is 13.8 Å². The second-order valence-electron chi connectivity index (χ2n) is 4.79. The lowest BCUT2D eigenvalue weighted by Gasteiger charge is -2.18. The summed E-state index contributed by atoms with van der Waals surface area (Å²) in [5, 5.41) is 2.83. The third kappa shape index (κ3) is 4.11. The Hall–Kier alpha value is -1.42. The molecule has 0 aromatic heterocycles. The summed E-state index contributed by atoms with van der Waals surface area (Å²) in [4.78, 5) is 12.1. The number of benzene rings is 1. The van der Waals surface area contributed by atoms with E-state index in [1.54, 1.807) is 18.2 Å². The van der Waals surface area contributed by atoms with Crippen molar-refractivity contribution in [2.75, 3.05) is 13.1 Å². The van der Waals surface area contributed by atoms with Gasteiger partial charge in [-0.2, -0.15) is 0 Å². The Morgan fingerprint density at radius 3 is 2.61 bits per heavy atom. The molecule has 0 saturated heterocycles. The van der Waals surface area contributed by atoms with Crippen LogP contribution in [0.2, 0.25) is 0 Å². The summed E-state index contributed by atoms with van der Waals surface area (Å²) in [5.74, 6) is -0.641. The molecule has 3 nitrogen and oxygen atoms in total. The molecule has 1 amide bonds. The lowest BCUT2D eigenvalue weighted by molar-refractivity contribution is -0.122. The van der Waals surface area contributed by atoms with Crippen molar-refractivity contribution >= 4 is 5.91 Å². The number of hydrogen-bond acceptors (Lipinski definition) is 2. The van der Waals surface area contributed by atoms with Crippen LogP contribution in [-0.4, -0.2) is 19.0 Å². The normalized spacial score (nSPS) is 12.5. The number of halogens is 1. The van der Waals surface area contributed by atoms with Crippen LogP contribution in [0.4, 0.5) is 4.39 Å². The molecular weight excluding hydrogens is 231 g/mol. The van der Waals surface area contributed by atoms with E-state index in [4.69, 9.17) is 5.73 Å². The van der Waals surface area contributed by atoms with Crippen molar-refractivity contribution in [3.8, 4) is 0 Å². The molecule has 4 heteroatoms. The quantitative estimate of drug-likeness (QED) is 0.814. The van der Waals surface area contributed by atoms with Crippen molar-refractivity contribution in [1.82, 2.24) is 5.32 Å². The van der Waals surface area contributed by atoms with E-state index in [0.717, 1.165) is 0 Å². The molecule has 1 unspecified atom stereocenters. The maximum Gasteiger partial charge on any atom is 0.227 e. The summed E-state index contributed by atoms with van der Waals surface area (Å²) in [5.41, 5.74) is 5.93. The van der Waals surface area contributed by atoms with E-state index in [2.05, 4.69) is 5.32 Å². The summed E-state index contributed by atoms with van der Waals surface area (Å²) in [7, 11) is 0. The highest BCUT2D eigenvalue weighted by molar-refractivity contribution is 5.83. The van der Waals surface area contributed by atoms with Gasteiger partial charge in [-0.1, -0.05) is 32.0 Å². The average molecular weight is 252 g/mol. The SMILES string of the molecule is CC(C)CNC(=O)C(CCN)c1ccccc1F. The van der Waals surface area contributed by atoms with Crippen LogP contribution in [0.3, 0.4) is 0 Å². The third-order valence-electron chi connectivity index (χ3n) is 2.74. The smallest absolute Gasteiger partial charge is 0.227 e. The molecule has 0 bridgehead atoms. The van der Waals surface area contributed by atoms with E-state index >= 15 is 0 Å². The van der Waals surface area contributed by atoms with Crippen molar-refractivity contribution in [3.05, 3.63) is 35.6 Å². The van der Waals surface area contributed by atoms with Gasteiger partial charge >= 0.3 is 0 Å². The van der Waals surface area contributed by atoms with Gasteiger partial charge in [0.1, 0.15) is 5.82 Å². The third-order valence-corrected chi connectivity index (χ3v) is 2.74. The largest absolute Gasteiger partial charge is 0.355 e. The number of nitrogens with one attached hydrogen (secondary N) is 1. The molecule has 0 aliphatic rings. The number of nitrogens with two attached hydrogens (primary N) is 1. The fraction of sp³-hybridized carbons (Fsp3) is 0.500. The zero-order valence-electron chi connectivity index (χ0n) is 10.9. The molecule has 0 aliphatic carbocycles. The van der Waals surface area contributed by atoms with Crippen LogP contribution in [-0.2, 0) is 4.79 Å². The van der Waals surface area contributed by atoms with Gasteiger partial charge in [-0.25, -0.2) is 4.39 Å². The van der Waals surface area contributed by atoms with Crippen molar-refractivity contribution in [3.63, 3.8) is 0 Å². The van der Waals surface area contributed by atoms with Crippen LogP contribution in [0.15, 0.2) is 24.3 Å². The summed E-state index contributed by atoms with van der Waals surface area (Å²) in [6.07, 6.45) is 0.449. The fourth-order valence-corrected chi connectivity index (χ4v) is 1.78. The highest BCUT2D eigenvalue weighted by Crippen LogP contribution is 2.22. The van der Waals surface area contributed by atoms with Crippen LogP contribution in [0, 0.1) is 11.7 Å². The van der Waals surface area contributed by atoms with E-state index in [0.29, 0.717) is 31.0 Å². The summed E-state index contributed by atoms with van der Waals surface area (Å²) < 4.78 is 13.7. The number of rotatable bonds is 6. The maximum absolute atomic E-state index is 13.7. The van der Waals surface area contributed by atoms with Crippen molar-refractivity contribution < 1.29 is 9.18 Å². The van der Waals surface area contributed by atoms with E-state index in [1.165, 1.54) is 6.07 Å². The second kappa shape index (κ2) is 7.11. The Morgan fingerprint density at radius 1 is 1.39 bits per heavy atom. The standard InChI is InChI=1S/C14H21FN2O/c1-10(2)9-17-14(18)12(7-8-16)11-5-3-4-6-13(11)15/h3-6,10,12H,7-9,16H2,1-2H3,(H,17,18). The first-order valence-corrected chi connectivity index (χ1v) is 6.28. The zero-order chi connectivity index (χ0) is 13.5. The van der Waals surface area contributed by atoms with Gasteiger partial charge in [0.15, 0.2) is 0 Å². The van der Waals surface area contributed by atoms with Gasteiger partial charge in [-0.15, -0.1) is 0 Å². The molecular formula is C14H21FN2O. The fourth-order valence-electron chi connectivity index (χ4n) is 1.78. The number of amides is 1. The molecule has 0 saturated carbocycles. The van der Waals surface area contributed by atoms with E-state index in [-0.39, 0.29) is 11.7 Å². The van der Waals surface area contributed by atoms with Gasteiger partial charge in [-0.3, -0.25) is 4.79 Å². The Balaban J connectivity index is 2.82. The average Bonchev–Trinajstić information content (AvgIpc) is 2.34. The van der Waals surface area contributed by atoms with Crippen LogP contribution < -0.4 is 11.1 Å². The molecule has 18 heavy (non-hydrogen) atoms. The molecule has 100 valence electrons. The monoisotopic (exact) mass is 252 g/mol. The van der Waals surface area contributed by atoms with Crippen molar-refractivity contribution in [2.45, 2.75) is 26.2 Å². The Labute approximate surface area is 108 Å². The van der Waals surface area contributed by atoms with Gasteiger partial charge in [0.05, 0.1) is 5.92 Å².